The molecule has 6 aromatic rings. The second-order valence-corrected chi connectivity index (χ2v) is 14.9. The van der Waals surface area contributed by atoms with Gasteiger partial charge in [0.2, 0.25) is 0 Å². The molecule has 0 amide bonds. The molecular formula is C45H50BN9O12. The van der Waals surface area contributed by atoms with Crippen molar-refractivity contribution in [1.29, 1.82) is 0 Å². The molecule has 6 heterocycles. The van der Waals surface area contributed by atoms with Crippen LogP contribution in [-0.4, -0.2) is 120 Å². The lowest BCUT2D eigenvalue weighted by atomic mass is 9.80. The van der Waals surface area contributed by atoms with E-state index in [2.05, 4.69) is 19.7 Å². The number of nitrogens with one attached hydrogen (secondary N) is 1. The molecule has 3 aromatic heterocycles. The number of pyridine rings is 3. The third kappa shape index (κ3) is 13.5. The maximum Gasteiger partial charge on any atom is 0.488 e. The summed E-state index contributed by atoms with van der Waals surface area (Å²) in [4.78, 5) is 63.0. The van der Waals surface area contributed by atoms with Gasteiger partial charge in [-0.2, -0.15) is 0 Å². The number of hydrogen-bond acceptors (Lipinski definition) is 16. The Morgan fingerprint density at radius 3 is 1.28 bits per heavy atom. The molecule has 0 radical (unpaired) electrons. The number of benzene rings is 3. The monoisotopic (exact) mass is 919 g/mol. The zero-order valence-corrected chi connectivity index (χ0v) is 36.4. The molecule has 0 saturated carbocycles. The number of nitrogens with two attached hydrogens (primary N) is 1. The average Bonchev–Trinajstić information content (AvgIpc) is 3.36. The Morgan fingerprint density at radius 1 is 0.522 bits per heavy atom. The van der Waals surface area contributed by atoms with Crippen molar-refractivity contribution in [3.05, 3.63) is 179 Å². The lowest BCUT2D eigenvalue weighted by Gasteiger charge is -2.28. The van der Waals surface area contributed by atoms with Crippen molar-refractivity contribution >= 4 is 46.7 Å². The lowest BCUT2D eigenvalue weighted by molar-refractivity contribution is -0.386. The number of aromatic nitrogens is 3. The normalized spacial score (nSPS) is 14.5. The number of nitro groups is 2. The Labute approximate surface area is 383 Å². The summed E-state index contributed by atoms with van der Waals surface area (Å²) < 4.78 is 18.8. The number of anilines is 4. The van der Waals surface area contributed by atoms with Crippen LogP contribution in [0.4, 0.5) is 34.1 Å². The number of H-pyrrole nitrogens is 1. The Bertz CT molecular complexity index is 2720. The van der Waals surface area contributed by atoms with Crippen LogP contribution in [-0.2, 0) is 14.2 Å². The molecule has 21 nitrogen and oxygen atoms in total. The van der Waals surface area contributed by atoms with Crippen LogP contribution < -0.4 is 42.6 Å². The molecule has 0 unspecified atom stereocenters. The van der Waals surface area contributed by atoms with E-state index < -0.39 is 39.5 Å². The van der Waals surface area contributed by atoms with Gasteiger partial charge in [-0.05, 0) is 90.4 Å². The molecule has 0 spiro atoms. The first-order valence-electron chi connectivity index (χ1n) is 21.2. The quantitative estimate of drug-likeness (QED) is 0.0970. The molecule has 3 aliphatic rings. The molecule has 350 valence electrons. The second kappa shape index (κ2) is 24.1. The van der Waals surface area contributed by atoms with E-state index in [9.17, 15) is 34.6 Å². The highest BCUT2D eigenvalue weighted by Gasteiger charge is 2.17. The van der Waals surface area contributed by atoms with Gasteiger partial charge in [-0.1, -0.05) is 12.1 Å². The van der Waals surface area contributed by atoms with Crippen LogP contribution in [0.5, 0.6) is 0 Å². The maximum atomic E-state index is 12.1. The van der Waals surface area contributed by atoms with Crippen LogP contribution in [0.25, 0.3) is 11.4 Å². The first-order valence-corrected chi connectivity index (χ1v) is 21.2. The van der Waals surface area contributed by atoms with Gasteiger partial charge in [0.1, 0.15) is 0 Å². The van der Waals surface area contributed by atoms with Gasteiger partial charge in [-0.25, -0.2) is 0 Å². The van der Waals surface area contributed by atoms with E-state index in [0.717, 1.165) is 94.5 Å². The zero-order chi connectivity index (χ0) is 47.7. The predicted octanol–water partition coefficient (Wildman–Crippen LogP) is 2.32. The lowest BCUT2D eigenvalue weighted by Crippen LogP contribution is -2.36. The fourth-order valence-corrected chi connectivity index (χ4v) is 7.07. The fraction of sp³-hybridized carbons (Fsp3) is 0.267. The molecule has 3 saturated heterocycles. The number of aromatic amines is 1. The highest BCUT2D eigenvalue weighted by atomic mass is 16.6. The largest absolute Gasteiger partial charge is 0.488 e. The summed E-state index contributed by atoms with van der Waals surface area (Å²) in [6.07, 6.45) is 4.59. The van der Waals surface area contributed by atoms with Gasteiger partial charge in [0.15, 0.2) is 0 Å². The summed E-state index contributed by atoms with van der Waals surface area (Å²) in [6.45, 7) is 9.67. The average molecular weight is 920 g/mol. The van der Waals surface area contributed by atoms with Crippen LogP contribution in [0.1, 0.15) is 0 Å². The standard InChI is InChI=1S/C15H15N3O4.C15H17N3O2.C10H14BNO3.C5H4N2O3/c19-15-14(18(20)21)2-1-7-17(15)13-5-3-12(4-6-13)16-8-10-22-11-9-16;16-14-2-1-7-18(15(14)19)13-5-3-12(4-6-13)17-8-10-20-11-9-17;13-11(14)9-1-3-10(4-2-9)12-5-7-15-8-6-12;8-5-4(7(9)10)2-1-3-6-5/h1-7H,8-11H2;1-7H,8-11,16H2;1-4,13-14H,5-8H2;1-3H,(H,6,8). The Balaban J connectivity index is 0.000000153. The van der Waals surface area contributed by atoms with E-state index in [-0.39, 0.29) is 11.2 Å². The van der Waals surface area contributed by atoms with E-state index in [1.165, 1.54) is 35.2 Å². The van der Waals surface area contributed by atoms with Crippen LogP contribution in [0.15, 0.2) is 142 Å². The third-order valence-electron chi connectivity index (χ3n) is 10.7. The van der Waals surface area contributed by atoms with Gasteiger partial charge in [-0.15, -0.1) is 0 Å². The molecule has 0 aliphatic carbocycles. The number of nitrogen functional groups attached to an aromatic ring is 1. The predicted molar refractivity (Wildman–Crippen MR) is 254 cm³/mol. The van der Waals surface area contributed by atoms with Gasteiger partial charge < -0.3 is 49.7 Å². The van der Waals surface area contributed by atoms with Crippen molar-refractivity contribution in [2.75, 3.05) is 99.3 Å². The minimum Gasteiger partial charge on any atom is -0.423 e. The Kier molecular flexibility index (Phi) is 17.5. The minimum absolute atomic E-state index is 0.188. The van der Waals surface area contributed by atoms with Crippen molar-refractivity contribution < 1.29 is 34.1 Å². The Morgan fingerprint density at radius 2 is 0.896 bits per heavy atom. The molecule has 0 bridgehead atoms. The maximum absolute atomic E-state index is 12.1. The van der Waals surface area contributed by atoms with E-state index in [1.807, 2.05) is 48.5 Å². The first kappa shape index (κ1) is 48.8. The Hall–Kier alpha value is -7.63. The van der Waals surface area contributed by atoms with Crippen molar-refractivity contribution in [2.45, 2.75) is 0 Å². The van der Waals surface area contributed by atoms with Gasteiger partial charge in [0.05, 0.1) is 55.2 Å². The number of rotatable bonds is 8. The molecular weight excluding hydrogens is 869 g/mol. The van der Waals surface area contributed by atoms with Crippen molar-refractivity contribution in [3.63, 3.8) is 0 Å². The van der Waals surface area contributed by atoms with Crippen LogP contribution in [0, 0.1) is 20.2 Å². The summed E-state index contributed by atoms with van der Waals surface area (Å²) >= 11 is 0. The van der Waals surface area contributed by atoms with Crippen molar-refractivity contribution in [2.24, 2.45) is 0 Å². The third-order valence-corrected chi connectivity index (χ3v) is 10.7. The summed E-state index contributed by atoms with van der Waals surface area (Å²) in [5, 5.41) is 38.7. The SMILES string of the molecule is Nc1cccn(-c2ccc(N3CCOCC3)cc2)c1=O.O=c1[nH]cccc1[N+](=O)[O-].O=c1c([N+](=O)[O-])cccn1-c1ccc(N2CCOCC2)cc1.OB(O)c1ccc(N2CCOCC2)cc1. The molecule has 9 rings (SSSR count). The topological polar surface area (TPSA) is 267 Å². The van der Waals surface area contributed by atoms with Crippen LogP contribution in [0.2, 0.25) is 0 Å². The molecule has 67 heavy (non-hydrogen) atoms. The highest BCUT2D eigenvalue weighted by Crippen LogP contribution is 2.20. The number of hydrogen-bond donors (Lipinski definition) is 4. The summed E-state index contributed by atoms with van der Waals surface area (Å²) in [5.74, 6) is 0. The van der Waals surface area contributed by atoms with Gasteiger partial charge in [-0.3, -0.25) is 43.7 Å². The van der Waals surface area contributed by atoms with Crippen LogP contribution >= 0.6 is 0 Å². The van der Waals surface area contributed by atoms with Crippen molar-refractivity contribution in [1.82, 2.24) is 14.1 Å². The van der Waals surface area contributed by atoms with Crippen molar-refractivity contribution in [3.8, 4) is 11.4 Å². The summed E-state index contributed by atoms with van der Waals surface area (Å²) in [7, 11) is -1.39. The summed E-state index contributed by atoms with van der Waals surface area (Å²) in [6, 6.07) is 31.2. The molecule has 5 N–H and O–H groups in total. The minimum atomic E-state index is -1.39. The van der Waals surface area contributed by atoms with E-state index in [4.69, 9.17) is 30.0 Å². The van der Waals surface area contributed by atoms with E-state index >= 15 is 0 Å². The van der Waals surface area contributed by atoms with E-state index in [1.54, 1.807) is 47.2 Å². The molecule has 0 atom stereocenters. The van der Waals surface area contributed by atoms with Gasteiger partial charge >= 0.3 is 29.6 Å². The molecule has 22 heteroatoms. The molecule has 3 fully saturated rings. The molecule has 3 aliphatic heterocycles. The first-order chi connectivity index (χ1) is 32.4. The van der Waals surface area contributed by atoms with Gasteiger partial charge in [0.25, 0.3) is 5.56 Å². The summed E-state index contributed by atoms with van der Waals surface area (Å²) in [5.41, 5.74) is 8.79. The van der Waals surface area contributed by atoms with Gasteiger partial charge in [0, 0.05) is 98.4 Å². The number of nitrogens with zero attached hydrogens (tertiary/aromatic N) is 7. The smallest absolute Gasteiger partial charge is 0.423 e. The fourth-order valence-electron chi connectivity index (χ4n) is 7.07. The second-order valence-electron chi connectivity index (χ2n) is 14.9. The van der Waals surface area contributed by atoms with Crippen LogP contribution in [0.3, 0.4) is 0 Å². The number of morpholine rings is 3. The molecule has 3 aromatic carbocycles. The zero-order valence-electron chi connectivity index (χ0n) is 36.4. The number of ether oxygens (including phenoxy) is 3. The van der Waals surface area contributed by atoms with E-state index in [0.29, 0.717) is 24.4 Å². The highest BCUT2D eigenvalue weighted by molar-refractivity contribution is 6.58.